The van der Waals surface area contributed by atoms with Crippen molar-refractivity contribution in [2.45, 2.75) is 13.0 Å². The van der Waals surface area contributed by atoms with Crippen LogP contribution in [0.15, 0.2) is 40.4 Å². The largest absolute Gasteiger partial charge is 0.479 e. The molecule has 1 unspecified atom stereocenters. The van der Waals surface area contributed by atoms with Crippen LogP contribution in [-0.2, 0) is 4.79 Å². The molecule has 1 atom stereocenters. The predicted octanol–water partition coefficient (Wildman–Crippen LogP) is 2.30. The first-order valence-electron chi connectivity index (χ1n) is 5.46. The van der Waals surface area contributed by atoms with E-state index in [2.05, 4.69) is 15.9 Å². The maximum absolute atomic E-state index is 12.3. The summed E-state index contributed by atoms with van der Waals surface area (Å²) < 4.78 is 0.795. The normalized spacial score (nSPS) is 18.7. The zero-order chi connectivity index (χ0) is 13.3. The van der Waals surface area contributed by atoms with E-state index in [1.807, 2.05) is 6.07 Å². The lowest BCUT2D eigenvalue weighted by atomic mass is 10.1. The predicted molar refractivity (Wildman–Crippen MR) is 70.4 cm³/mol. The van der Waals surface area contributed by atoms with E-state index in [9.17, 15) is 9.59 Å². The summed E-state index contributed by atoms with van der Waals surface area (Å²) in [7, 11) is 0. The van der Waals surface area contributed by atoms with Gasteiger partial charge in [0.2, 0.25) is 0 Å². The Hall–Kier alpha value is -1.62. The van der Waals surface area contributed by atoms with Crippen LogP contribution in [0.1, 0.15) is 17.3 Å². The third-order valence-electron chi connectivity index (χ3n) is 2.92. The van der Waals surface area contributed by atoms with E-state index < -0.39 is 12.0 Å². The molecular formula is C13H12BrNO3. The zero-order valence-corrected chi connectivity index (χ0v) is 11.3. The van der Waals surface area contributed by atoms with Crippen molar-refractivity contribution in [1.82, 2.24) is 4.90 Å². The van der Waals surface area contributed by atoms with Crippen LogP contribution in [0.4, 0.5) is 0 Å². The fourth-order valence-electron chi connectivity index (χ4n) is 2.02. The van der Waals surface area contributed by atoms with Crippen molar-refractivity contribution in [3.05, 3.63) is 46.0 Å². The standard InChI is InChI=1S/C13H12BrNO3/c1-8-5-6-15(11(8)13(17)18)12(16)9-3-2-4-10(14)7-9/h2-5,7,11H,6H2,1H3,(H,17,18). The molecule has 1 aliphatic heterocycles. The lowest BCUT2D eigenvalue weighted by molar-refractivity contribution is -0.140. The summed E-state index contributed by atoms with van der Waals surface area (Å²) in [5.41, 5.74) is 1.18. The number of amides is 1. The molecule has 0 aromatic heterocycles. The summed E-state index contributed by atoms with van der Waals surface area (Å²) in [6.45, 7) is 2.07. The summed E-state index contributed by atoms with van der Waals surface area (Å²) >= 11 is 3.29. The van der Waals surface area contributed by atoms with Crippen molar-refractivity contribution < 1.29 is 14.7 Å². The van der Waals surface area contributed by atoms with E-state index in [1.54, 1.807) is 31.2 Å². The van der Waals surface area contributed by atoms with E-state index in [4.69, 9.17) is 5.11 Å². The molecule has 0 fully saturated rings. The van der Waals surface area contributed by atoms with Crippen molar-refractivity contribution in [2.75, 3.05) is 6.54 Å². The van der Waals surface area contributed by atoms with Crippen LogP contribution in [-0.4, -0.2) is 34.5 Å². The second-order valence-electron chi connectivity index (χ2n) is 4.16. The molecule has 4 nitrogen and oxygen atoms in total. The fraction of sp³-hybridized carbons (Fsp3) is 0.231. The second kappa shape index (κ2) is 4.94. The number of hydrogen-bond acceptors (Lipinski definition) is 2. The molecule has 94 valence electrons. The first-order chi connectivity index (χ1) is 8.50. The number of hydrogen-bond donors (Lipinski definition) is 1. The summed E-state index contributed by atoms with van der Waals surface area (Å²) in [5.74, 6) is -1.26. The number of carboxylic acids is 1. The molecular weight excluding hydrogens is 298 g/mol. The molecule has 2 rings (SSSR count). The highest BCUT2D eigenvalue weighted by atomic mass is 79.9. The van der Waals surface area contributed by atoms with Crippen LogP contribution in [0.2, 0.25) is 0 Å². The first kappa shape index (κ1) is 12.8. The summed E-state index contributed by atoms with van der Waals surface area (Å²) in [5, 5.41) is 9.16. The van der Waals surface area contributed by atoms with Gasteiger partial charge in [0.25, 0.3) is 5.91 Å². The lowest BCUT2D eigenvalue weighted by Gasteiger charge is -2.23. The topological polar surface area (TPSA) is 57.6 Å². The van der Waals surface area contributed by atoms with E-state index >= 15 is 0 Å². The molecule has 0 bridgehead atoms. The quantitative estimate of drug-likeness (QED) is 0.853. The number of carbonyl (C=O) groups is 2. The van der Waals surface area contributed by atoms with Crippen LogP contribution >= 0.6 is 15.9 Å². The van der Waals surface area contributed by atoms with Gasteiger partial charge < -0.3 is 10.0 Å². The Morgan fingerprint density at radius 2 is 2.17 bits per heavy atom. The smallest absolute Gasteiger partial charge is 0.330 e. The molecule has 1 heterocycles. The molecule has 0 aliphatic carbocycles. The molecule has 0 saturated heterocycles. The van der Waals surface area contributed by atoms with Gasteiger partial charge in [0.05, 0.1) is 0 Å². The number of halogens is 1. The third-order valence-corrected chi connectivity index (χ3v) is 3.41. The van der Waals surface area contributed by atoms with Gasteiger partial charge in [-0.15, -0.1) is 0 Å². The highest BCUT2D eigenvalue weighted by Crippen LogP contribution is 2.22. The molecule has 1 aromatic carbocycles. The number of carbonyl (C=O) groups excluding carboxylic acids is 1. The molecule has 18 heavy (non-hydrogen) atoms. The van der Waals surface area contributed by atoms with Gasteiger partial charge in [0.15, 0.2) is 6.04 Å². The van der Waals surface area contributed by atoms with Crippen molar-refractivity contribution in [3.63, 3.8) is 0 Å². The van der Waals surface area contributed by atoms with Crippen LogP contribution in [0.25, 0.3) is 0 Å². The van der Waals surface area contributed by atoms with Crippen LogP contribution < -0.4 is 0 Å². The zero-order valence-electron chi connectivity index (χ0n) is 9.76. The van der Waals surface area contributed by atoms with Crippen LogP contribution in [0.3, 0.4) is 0 Å². The van der Waals surface area contributed by atoms with Gasteiger partial charge in [0, 0.05) is 16.6 Å². The average molecular weight is 310 g/mol. The molecule has 1 N–H and O–H groups in total. The van der Waals surface area contributed by atoms with Gasteiger partial charge >= 0.3 is 5.97 Å². The first-order valence-corrected chi connectivity index (χ1v) is 6.26. The van der Waals surface area contributed by atoms with Gasteiger partial charge in [-0.2, -0.15) is 0 Å². The van der Waals surface area contributed by atoms with Crippen LogP contribution in [0, 0.1) is 0 Å². The molecule has 0 saturated carbocycles. The van der Waals surface area contributed by atoms with Crippen LogP contribution in [0.5, 0.6) is 0 Å². The Balaban J connectivity index is 2.28. The minimum atomic E-state index is -0.996. The molecule has 0 spiro atoms. The Kier molecular flexibility index (Phi) is 3.52. The van der Waals surface area contributed by atoms with Gasteiger partial charge in [-0.1, -0.05) is 28.1 Å². The Labute approximate surface area is 113 Å². The SMILES string of the molecule is CC1=CCN(C(=O)c2cccc(Br)c2)C1C(=O)O. The molecule has 0 radical (unpaired) electrons. The van der Waals surface area contributed by atoms with Gasteiger partial charge in [-0.25, -0.2) is 4.79 Å². The van der Waals surface area contributed by atoms with E-state index in [-0.39, 0.29) is 5.91 Å². The Morgan fingerprint density at radius 3 is 2.78 bits per heavy atom. The maximum Gasteiger partial charge on any atom is 0.330 e. The fourth-order valence-corrected chi connectivity index (χ4v) is 2.42. The summed E-state index contributed by atoms with van der Waals surface area (Å²) in [4.78, 5) is 24.8. The van der Waals surface area contributed by atoms with Crippen molar-refractivity contribution in [2.24, 2.45) is 0 Å². The van der Waals surface area contributed by atoms with E-state index in [1.165, 1.54) is 4.90 Å². The van der Waals surface area contributed by atoms with E-state index in [0.717, 1.165) is 4.47 Å². The number of benzene rings is 1. The Morgan fingerprint density at radius 1 is 1.44 bits per heavy atom. The minimum absolute atomic E-state index is 0.267. The van der Waals surface area contributed by atoms with Crippen molar-refractivity contribution >= 4 is 27.8 Å². The Bertz CT molecular complexity index is 539. The number of carboxylic acid groups (broad SMARTS) is 1. The number of rotatable bonds is 2. The van der Waals surface area contributed by atoms with Gasteiger partial charge in [-0.3, -0.25) is 4.79 Å². The highest BCUT2D eigenvalue weighted by Gasteiger charge is 2.34. The van der Waals surface area contributed by atoms with Gasteiger partial charge in [0.1, 0.15) is 0 Å². The molecule has 1 aliphatic rings. The summed E-state index contributed by atoms with van der Waals surface area (Å²) in [6.07, 6.45) is 1.77. The van der Waals surface area contributed by atoms with Crippen molar-refractivity contribution in [3.8, 4) is 0 Å². The second-order valence-corrected chi connectivity index (χ2v) is 5.07. The molecule has 5 heteroatoms. The maximum atomic E-state index is 12.3. The monoisotopic (exact) mass is 309 g/mol. The summed E-state index contributed by atoms with van der Waals surface area (Å²) in [6, 6.07) is 6.09. The molecule has 1 amide bonds. The lowest BCUT2D eigenvalue weighted by Crippen LogP contribution is -2.42. The van der Waals surface area contributed by atoms with E-state index in [0.29, 0.717) is 17.7 Å². The average Bonchev–Trinajstić information content (AvgIpc) is 2.70. The van der Waals surface area contributed by atoms with Gasteiger partial charge in [-0.05, 0) is 30.7 Å². The minimum Gasteiger partial charge on any atom is -0.479 e. The highest BCUT2D eigenvalue weighted by molar-refractivity contribution is 9.10. The third kappa shape index (κ3) is 2.31. The molecule has 1 aromatic rings. The van der Waals surface area contributed by atoms with Crippen molar-refractivity contribution in [1.29, 1.82) is 0 Å². The number of nitrogens with zero attached hydrogens (tertiary/aromatic N) is 1. The number of aliphatic carboxylic acids is 1.